The molecule has 0 fully saturated rings. The van der Waals surface area contributed by atoms with Crippen molar-refractivity contribution in [1.82, 2.24) is 0 Å². The van der Waals surface area contributed by atoms with Crippen molar-refractivity contribution < 1.29 is 32.3 Å². The molecule has 0 aliphatic carbocycles. The van der Waals surface area contributed by atoms with Crippen molar-refractivity contribution in [2.24, 2.45) is 5.41 Å². The minimum atomic E-state index is -3.80. The minimum absolute atomic E-state index is 0.0338. The highest BCUT2D eigenvalue weighted by Gasteiger charge is 2.37. The molecule has 57 heavy (non-hydrogen) atoms. The number of hydrogen-bond acceptors (Lipinski definition) is 7. The van der Waals surface area contributed by atoms with Crippen LogP contribution in [0.3, 0.4) is 0 Å². The number of benzene rings is 4. The third kappa shape index (κ3) is 11.5. The number of carbonyl (C=O) groups is 3. The molecule has 2 amide bonds. The first-order valence-corrected chi connectivity index (χ1v) is 21.3. The quantitative estimate of drug-likeness (QED) is 0.0802. The number of sulfone groups is 1. The van der Waals surface area contributed by atoms with Gasteiger partial charge in [-0.2, -0.15) is 0 Å². The van der Waals surface area contributed by atoms with E-state index < -0.39 is 33.0 Å². The van der Waals surface area contributed by atoms with Crippen LogP contribution in [0.2, 0.25) is 5.02 Å². The van der Waals surface area contributed by atoms with Gasteiger partial charge in [-0.1, -0.05) is 104 Å². The third-order valence-electron chi connectivity index (χ3n) is 10.5. The summed E-state index contributed by atoms with van der Waals surface area (Å²) in [5.41, 5.74) is 2.91. The summed E-state index contributed by atoms with van der Waals surface area (Å²) in [6.07, 6.45) is 1.03. The van der Waals surface area contributed by atoms with Crippen LogP contribution in [0.5, 0.6) is 11.5 Å². The smallest absolute Gasteiger partial charge is 0.273 e. The van der Waals surface area contributed by atoms with Crippen molar-refractivity contribution in [3.63, 3.8) is 0 Å². The fraction of sp³-hybridized carbons (Fsp3) is 0.413. The SMILES string of the molecule is CCC(C)(C)c1ccc(OCCCC(=O)Nc2ccc(Cl)c(NC(=O)C(Oc3ccc(S(=O)(=O)c4ccc(C)cc4)cc3)C(=O)C(C)(C)C)c2)c(C(C)(C)CC)c1. The van der Waals surface area contributed by atoms with Gasteiger partial charge in [-0.05, 0) is 103 Å². The second kappa shape index (κ2) is 18.3. The van der Waals surface area contributed by atoms with Gasteiger partial charge in [-0.15, -0.1) is 0 Å². The molecule has 4 aromatic rings. The van der Waals surface area contributed by atoms with Crippen LogP contribution >= 0.6 is 11.6 Å². The topological polar surface area (TPSA) is 128 Å². The lowest BCUT2D eigenvalue weighted by atomic mass is 9.76. The van der Waals surface area contributed by atoms with Crippen molar-refractivity contribution in [2.75, 3.05) is 17.2 Å². The number of aryl methyl sites for hydroxylation is 1. The van der Waals surface area contributed by atoms with Crippen molar-refractivity contribution in [3.05, 3.63) is 107 Å². The lowest BCUT2D eigenvalue weighted by Crippen LogP contribution is -2.45. The highest BCUT2D eigenvalue weighted by molar-refractivity contribution is 7.91. The molecular formula is C46H57ClN2O7S. The largest absolute Gasteiger partial charge is 0.493 e. The molecule has 4 aromatic carbocycles. The molecule has 0 aromatic heterocycles. The van der Waals surface area contributed by atoms with E-state index in [4.69, 9.17) is 21.1 Å². The van der Waals surface area contributed by atoms with Gasteiger partial charge in [0.2, 0.25) is 21.8 Å². The average Bonchev–Trinajstić information content (AvgIpc) is 3.16. The molecule has 0 saturated carbocycles. The van der Waals surface area contributed by atoms with Crippen LogP contribution < -0.4 is 20.1 Å². The molecule has 1 atom stereocenters. The van der Waals surface area contributed by atoms with Crippen molar-refractivity contribution in [2.45, 2.75) is 122 Å². The second-order valence-corrected chi connectivity index (χ2v) is 19.1. The Morgan fingerprint density at radius 1 is 0.754 bits per heavy atom. The first-order chi connectivity index (χ1) is 26.6. The van der Waals surface area contributed by atoms with E-state index in [9.17, 15) is 22.8 Å². The first-order valence-electron chi connectivity index (χ1n) is 19.4. The van der Waals surface area contributed by atoms with Gasteiger partial charge in [0.1, 0.15) is 11.5 Å². The summed E-state index contributed by atoms with van der Waals surface area (Å²) in [5, 5.41) is 5.72. The van der Waals surface area contributed by atoms with Crippen molar-refractivity contribution in [3.8, 4) is 11.5 Å². The molecule has 306 valence electrons. The summed E-state index contributed by atoms with van der Waals surface area (Å²) in [7, 11) is -3.80. The number of nitrogens with one attached hydrogen (secondary N) is 2. The molecule has 1 unspecified atom stereocenters. The lowest BCUT2D eigenvalue weighted by molar-refractivity contribution is -0.140. The van der Waals surface area contributed by atoms with Crippen LogP contribution in [0.15, 0.2) is 94.7 Å². The fourth-order valence-corrected chi connectivity index (χ4v) is 7.27. The van der Waals surface area contributed by atoms with Gasteiger partial charge in [0.05, 0.1) is 27.1 Å². The number of halogens is 1. The highest BCUT2D eigenvalue weighted by atomic mass is 35.5. The van der Waals surface area contributed by atoms with E-state index in [2.05, 4.69) is 64.3 Å². The molecule has 0 saturated heterocycles. The number of ketones is 1. The second-order valence-electron chi connectivity index (χ2n) is 16.8. The molecule has 0 aliphatic heterocycles. The van der Waals surface area contributed by atoms with Crippen LogP contribution in [0.4, 0.5) is 11.4 Å². The summed E-state index contributed by atoms with van der Waals surface area (Å²) in [4.78, 5) is 40.4. The van der Waals surface area contributed by atoms with Crippen LogP contribution in [0, 0.1) is 12.3 Å². The minimum Gasteiger partial charge on any atom is -0.493 e. The molecule has 2 N–H and O–H groups in total. The molecular weight excluding hydrogens is 760 g/mol. The van der Waals surface area contributed by atoms with Gasteiger partial charge in [-0.25, -0.2) is 8.42 Å². The maximum atomic E-state index is 13.7. The van der Waals surface area contributed by atoms with Gasteiger partial charge in [-0.3, -0.25) is 14.4 Å². The van der Waals surface area contributed by atoms with Gasteiger partial charge in [0.25, 0.3) is 5.91 Å². The molecule has 9 nitrogen and oxygen atoms in total. The zero-order chi connectivity index (χ0) is 42.3. The number of Topliss-reactive ketones (excluding diaryl/α,β-unsaturated/α-hetero) is 1. The lowest BCUT2D eigenvalue weighted by Gasteiger charge is -2.30. The van der Waals surface area contributed by atoms with Crippen molar-refractivity contribution in [1.29, 1.82) is 0 Å². The summed E-state index contributed by atoms with van der Waals surface area (Å²) in [6, 6.07) is 23.2. The average molecular weight is 817 g/mol. The Labute approximate surface area is 343 Å². The van der Waals surface area contributed by atoms with E-state index in [1.165, 1.54) is 54.1 Å². The summed E-state index contributed by atoms with van der Waals surface area (Å²) >= 11 is 6.46. The number of carbonyl (C=O) groups excluding carboxylic acids is 3. The summed E-state index contributed by atoms with van der Waals surface area (Å²) in [6.45, 7) is 20.5. The molecule has 0 spiro atoms. The van der Waals surface area contributed by atoms with Gasteiger partial charge < -0.3 is 20.1 Å². The number of amides is 2. The summed E-state index contributed by atoms with van der Waals surface area (Å²) in [5.74, 6) is -0.596. The standard InChI is InChI=1S/C46H57ClN2O7S/c1-11-45(7,8)31-17-26-39(36(28-31)46(9,10)12-2)55-27-13-14-40(50)48-32-18-25-37(47)38(29-32)49-43(52)41(42(51)44(4,5)6)56-33-19-23-35(24-20-33)57(53,54)34-21-15-30(3)16-22-34/h15-26,28-29,41H,11-14,27H2,1-10H3,(H,48,50)(H,49,52). The maximum absolute atomic E-state index is 13.7. The Morgan fingerprint density at radius 2 is 1.35 bits per heavy atom. The Balaban J connectivity index is 1.42. The Hall–Kier alpha value is -4.67. The molecule has 0 aliphatic rings. The third-order valence-corrected chi connectivity index (χ3v) is 12.6. The van der Waals surface area contributed by atoms with Crippen LogP contribution in [-0.4, -0.2) is 38.7 Å². The fourth-order valence-electron chi connectivity index (χ4n) is 5.84. The van der Waals surface area contributed by atoms with E-state index in [-0.39, 0.29) is 49.4 Å². The zero-order valence-electron chi connectivity index (χ0n) is 34.8. The molecule has 0 bridgehead atoms. The summed E-state index contributed by atoms with van der Waals surface area (Å²) < 4.78 is 38.5. The normalized spacial score (nSPS) is 12.8. The predicted octanol–water partition coefficient (Wildman–Crippen LogP) is 10.7. The molecule has 4 rings (SSSR count). The first kappa shape index (κ1) is 45.0. The molecule has 0 radical (unpaired) electrons. The zero-order valence-corrected chi connectivity index (χ0v) is 36.4. The predicted molar refractivity (Wildman–Crippen MR) is 228 cm³/mol. The van der Waals surface area contributed by atoms with Gasteiger partial charge >= 0.3 is 0 Å². The van der Waals surface area contributed by atoms with E-state index in [1.807, 2.05) is 13.0 Å². The van der Waals surface area contributed by atoms with E-state index >= 15 is 0 Å². The van der Waals surface area contributed by atoms with Crippen LogP contribution in [-0.2, 0) is 35.1 Å². The Kier molecular flexibility index (Phi) is 14.4. The molecule has 11 heteroatoms. The number of anilines is 2. The van der Waals surface area contributed by atoms with Crippen LogP contribution in [0.25, 0.3) is 0 Å². The Bertz CT molecular complexity index is 2170. The van der Waals surface area contributed by atoms with Crippen LogP contribution in [0.1, 0.15) is 105 Å². The van der Waals surface area contributed by atoms with Gasteiger partial charge in [0, 0.05) is 23.1 Å². The van der Waals surface area contributed by atoms with E-state index in [0.717, 1.165) is 29.7 Å². The Morgan fingerprint density at radius 3 is 1.93 bits per heavy atom. The van der Waals surface area contributed by atoms with Gasteiger partial charge in [0.15, 0.2) is 5.78 Å². The maximum Gasteiger partial charge on any atom is 0.273 e. The number of ether oxygens (including phenoxy) is 2. The van der Waals surface area contributed by atoms with Crippen molar-refractivity contribution >= 4 is 50.4 Å². The number of hydrogen-bond donors (Lipinski definition) is 2. The monoisotopic (exact) mass is 816 g/mol. The highest BCUT2D eigenvalue weighted by Crippen LogP contribution is 2.39. The molecule has 0 heterocycles. The van der Waals surface area contributed by atoms with E-state index in [0.29, 0.717) is 18.7 Å². The van der Waals surface area contributed by atoms with E-state index in [1.54, 1.807) is 39.0 Å². The number of rotatable bonds is 17.